The van der Waals surface area contributed by atoms with Gasteiger partial charge in [0.25, 0.3) is 0 Å². The minimum absolute atomic E-state index is 0.0663. The average Bonchev–Trinajstić information content (AvgIpc) is 2.50. The van der Waals surface area contributed by atoms with Crippen LogP contribution in [0, 0.1) is 0 Å². The van der Waals surface area contributed by atoms with Gasteiger partial charge in [0.2, 0.25) is 0 Å². The molecule has 0 aliphatic rings. The first-order valence-corrected chi connectivity index (χ1v) is 3.43. The smallest absolute Gasteiger partial charge is 0.305 e. The summed E-state index contributed by atoms with van der Waals surface area (Å²) >= 11 is 0. The highest BCUT2D eigenvalue weighted by Crippen LogP contribution is 2.05. The Kier molecular flexibility index (Phi) is 1.40. The summed E-state index contributed by atoms with van der Waals surface area (Å²) in [7, 11) is 0.0663. The van der Waals surface area contributed by atoms with E-state index in [2.05, 4.69) is 10.2 Å². The molecular weight excluding hydrogens is 139 g/mol. The molecule has 3 nitrogen and oxygen atoms in total. The molecule has 2 N–H and O–H groups in total. The first kappa shape index (κ1) is 6.43. The average molecular weight is 146 g/mol. The summed E-state index contributed by atoms with van der Waals surface area (Å²) in [5.41, 5.74) is 1.88. The van der Waals surface area contributed by atoms with Crippen LogP contribution in [-0.4, -0.2) is 22.7 Å². The van der Waals surface area contributed by atoms with Crippen molar-refractivity contribution in [1.82, 2.24) is 10.2 Å². The van der Waals surface area contributed by atoms with Gasteiger partial charge in [-0.25, -0.2) is 0 Å². The topological polar surface area (TPSA) is 48.9 Å². The molecule has 54 valence electrons. The zero-order valence-corrected chi connectivity index (χ0v) is 5.91. The van der Waals surface area contributed by atoms with Crippen LogP contribution in [0.4, 0.5) is 0 Å². The highest BCUT2D eigenvalue weighted by atomic mass is 16.2. The van der Waals surface area contributed by atoms with Crippen LogP contribution in [0.1, 0.15) is 0 Å². The second-order valence-electron chi connectivity index (χ2n) is 2.41. The summed E-state index contributed by atoms with van der Waals surface area (Å²) in [5.74, 6) is 0. The number of benzene rings is 1. The molecule has 0 aliphatic carbocycles. The first-order valence-electron chi connectivity index (χ1n) is 3.43. The fraction of sp³-hybridized carbons (Fsp3) is 0. The van der Waals surface area contributed by atoms with Crippen LogP contribution in [0.2, 0.25) is 0 Å². The third kappa shape index (κ3) is 0.916. The zero-order chi connectivity index (χ0) is 7.68. The molecule has 0 radical (unpaired) electrons. The lowest BCUT2D eigenvalue weighted by Crippen LogP contribution is -2.13. The van der Waals surface area contributed by atoms with Crippen LogP contribution in [0.5, 0.6) is 0 Å². The molecule has 0 saturated carbocycles. The third-order valence-electron chi connectivity index (χ3n) is 1.75. The van der Waals surface area contributed by atoms with Crippen LogP contribution in [0.3, 0.4) is 0 Å². The number of fused-ring (bicyclic) bond motifs is 1. The van der Waals surface area contributed by atoms with E-state index < -0.39 is 0 Å². The van der Waals surface area contributed by atoms with E-state index in [0.29, 0.717) is 0 Å². The van der Waals surface area contributed by atoms with E-state index in [-0.39, 0.29) is 7.48 Å². The van der Waals surface area contributed by atoms with E-state index >= 15 is 0 Å². The first-order chi connectivity index (χ1) is 5.42. The standard InChI is InChI=1S/C7H7BN2O/c11-8-6-2-1-3-7-5(6)4-9-10-7/h1-4,8,11H,(H,9,10). The molecule has 1 aromatic heterocycles. The van der Waals surface area contributed by atoms with Gasteiger partial charge < -0.3 is 5.02 Å². The summed E-state index contributed by atoms with van der Waals surface area (Å²) in [5, 5.41) is 16.6. The Balaban J connectivity index is 2.79. The third-order valence-corrected chi connectivity index (χ3v) is 1.75. The molecule has 0 aliphatic heterocycles. The number of H-pyrrole nitrogens is 1. The molecule has 0 saturated heterocycles. The molecule has 2 aromatic rings. The van der Waals surface area contributed by atoms with Crippen LogP contribution in [-0.2, 0) is 0 Å². The largest absolute Gasteiger partial charge is 0.449 e. The van der Waals surface area contributed by atoms with E-state index in [0.717, 1.165) is 16.4 Å². The number of nitrogens with zero attached hydrogens (tertiary/aromatic N) is 1. The molecule has 0 bridgehead atoms. The van der Waals surface area contributed by atoms with Crippen molar-refractivity contribution in [3.63, 3.8) is 0 Å². The van der Waals surface area contributed by atoms with E-state index in [1.165, 1.54) is 0 Å². The summed E-state index contributed by atoms with van der Waals surface area (Å²) in [6.07, 6.45) is 1.72. The number of hydrogen-bond acceptors (Lipinski definition) is 2. The van der Waals surface area contributed by atoms with E-state index in [1.807, 2.05) is 18.2 Å². The van der Waals surface area contributed by atoms with Gasteiger partial charge in [0.1, 0.15) is 0 Å². The van der Waals surface area contributed by atoms with Crippen LogP contribution in [0.15, 0.2) is 24.4 Å². The maximum atomic E-state index is 8.91. The van der Waals surface area contributed by atoms with Crippen molar-refractivity contribution in [2.45, 2.75) is 0 Å². The van der Waals surface area contributed by atoms with Crippen molar-refractivity contribution in [3.05, 3.63) is 24.4 Å². The highest BCUT2D eigenvalue weighted by molar-refractivity contribution is 6.49. The number of hydrogen-bond donors (Lipinski definition) is 2. The second kappa shape index (κ2) is 2.40. The molecule has 0 fully saturated rings. The molecule has 0 amide bonds. The second-order valence-corrected chi connectivity index (χ2v) is 2.41. The molecule has 0 unspecified atom stereocenters. The van der Waals surface area contributed by atoms with Gasteiger partial charge >= 0.3 is 7.48 Å². The maximum absolute atomic E-state index is 8.91. The summed E-state index contributed by atoms with van der Waals surface area (Å²) in [4.78, 5) is 0. The Hall–Kier alpha value is -1.29. The van der Waals surface area contributed by atoms with E-state index in [4.69, 9.17) is 5.02 Å². The quantitative estimate of drug-likeness (QED) is 0.534. The van der Waals surface area contributed by atoms with Gasteiger partial charge in [-0.1, -0.05) is 12.1 Å². The van der Waals surface area contributed by atoms with Gasteiger partial charge in [-0.3, -0.25) is 5.10 Å². The molecular formula is C7H7BN2O. The van der Waals surface area contributed by atoms with E-state index in [9.17, 15) is 0 Å². The monoisotopic (exact) mass is 146 g/mol. The molecule has 1 aromatic carbocycles. The fourth-order valence-electron chi connectivity index (χ4n) is 1.17. The maximum Gasteiger partial charge on any atom is 0.305 e. The number of aromatic nitrogens is 2. The minimum Gasteiger partial charge on any atom is -0.449 e. The van der Waals surface area contributed by atoms with Crippen molar-refractivity contribution in [2.24, 2.45) is 0 Å². The normalized spacial score (nSPS) is 10.3. The zero-order valence-electron chi connectivity index (χ0n) is 5.91. The number of rotatable bonds is 1. The van der Waals surface area contributed by atoms with Gasteiger partial charge in [0, 0.05) is 5.39 Å². The molecule has 11 heavy (non-hydrogen) atoms. The molecule has 0 atom stereocenters. The number of aromatic amines is 1. The van der Waals surface area contributed by atoms with Crippen molar-refractivity contribution >= 4 is 23.8 Å². The van der Waals surface area contributed by atoms with Gasteiger partial charge in [-0.2, -0.15) is 5.10 Å². The van der Waals surface area contributed by atoms with E-state index in [1.54, 1.807) is 6.20 Å². The van der Waals surface area contributed by atoms with Gasteiger partial charge in [-0.05, 0) is 11.5 Å². The molecule has 0 spiro atoms. The Morgan fingerprint density at radius 1 is 1.45 bits per heavy atom. The lowest BCUT2D eigenvalue weighted by molar-refractivity contribution is 0.616. The Bertz CT molecular complexity index is 371. The van der Waals surface area contributed by atoms with Crippen LogP contribution >= 0.6 is 0 Å². The van der Waals surface area contributed by atoms with Gasteiger partial charge in [0.15, 0.2) is 0 Å². The van der Waals surface area contributed by atoms with Crippen molar-refractivity contribution in [3.8, 4) is 0 Å². The summed E-state index contributed by atoms with van der Waals surface area (Å²) in [6, 6.07) is 5.71. The lowest BCUT2D eigenvalue weighted by atomic mass is 9.86. The predicted octanol–water partition coefficient (Wildman–Crippen LogP) is -0.468. The van der Waals surface area contributed by atoms with Gasteiger partial charge in [-0.15, -0.1) is 0 Å². The molecule has 2 rings (SSSR count). The Morgan fingerprint density at radius 2 is 2.36 bits per heavy atom. The Morgan fingerprint density at radius 3 is 3.18 bits per heavy atom. The predicted molar refractivity (Wildman–Crippen MR) is 45.1 cm³/mol. The number of nitrogens with one attached hydrogen (secondary N) is 1. The molecule has 1 heterocycles. The van der Waals surface area contributed by atoms with Crippen molar-refractivity contribution < 1.29 is 5.02 Å². The Labute approximate surface area is 64.3 Å². The van der Waals surface area contributed by atoms with Gasteiger partial charge in [0.05, 0.1) is 11.7 Å². The summed E-state index contributed by atoms with van der Waals surface area (Å²) < 4.78 is 0. The molecule has 4 heteroatoms. The van der Waals surface area contributed by atoms with Crippen LogP contribution < -0.4 is 5.46 Å². The highest BCUT2D eigenvalue weighted by Gasteiger charge is 2.00. The van der Waals surface area contributed by atoms with Crippen LogP contribution in [0.25, 0.3) is 10.9 Å². The fourth-order valence-corrected chi connectivity index (χ4v) is 1.17. The lowest BCUT2D eigenvalue weighted by Gasteiger charge is -1.93. The summed E-state index contributed by atoms with van der Waals surface area (Å²) in [6.45, 7) is 0. The minimum atomic E-state index is 0.0663. The van der Waals surface area contributed by atoms with Crippen molar-refractivity contribution in [1.29, 1.82) is 0 Å². The SMILES string of the molecule is OBc1cccc2[nH]ncc12. The van der Waals surface area contributed by atoms with Crippen molar-refractivity contribution in [2.75, 3.05) is 0 Å².